The lowest BCUT2D eigenvalue weighted by atomic mass is 10.2. The van der Waals surface area contributed by atoms with Crippen LogP contribution < -0.4 is 5.73 Å². The molecular formula is C14H16N2S. The number of aromatic nitrogens is 1. The molecule has 1 aromatic heterocycles. The molecule has 2 aromatic rings. The summed E-state index contributed by atoms with van der Waals surface area (Å²) in [5.74, 6) is 0. The molecule has 1 atom stereocenters. The second-order valence-corrected chi connectivity index (χ2v) is 5.08. The Morgan fingerprint density at radius 2 is 1.94 bits per heavy atom. The zero-order valence-corrected chi connectivity index (χ0v) is 10.9. The molecule has 17 heavy (non-hydrogen) atoms. The molecule has 0 aliphatic heterocycles. The van der Waals surface area contributed by atoms with Crippen LogP contribution >= 0.6 is 11.8 Å². The van der Waals surface area contributed by atoms with E-state index >= 15 is 0 Å². The Kier molecular flexibility index (Phi) is 3.82. The zero-order valence-electron chi connectivity index (χ0n) is 10.1. The molecule has 0 amide bonds. The first kappa shape index (κ1) is 12.1. The van der Waals surface area contributed by atoms with Crippen molar-refractivity contribution in [2.24, 2.45) is 5.73 Å². The Morgan fingerprint density at radius 3 is 2.65 bits per heavy atom. The van der Waals surface area contributed by atoms with Gasteiger partial charge in [-0.3, -0.25) is 0 Å². The summed E-state index contributed by atoms with van der Waals surface area (Å²) in [5.41, 5.74) is 8.31. The Labute approximate surface area is 106 Å². The predicted molar refractivity (Wildman–Crippen MR) is 72.1 cm³/mol. The van der Waals surface area contributed by atoms with Crippen LogP contribution in [0.2, 0.25) is 0 Å². The van der Waals surface area contributed by atoms with Gasteiger partial charge in [-0.25, -0.2) is 4.98 Å². The van der Waals surface area contributed by atoms with Gasteiger partial charge in [-0.2, -0.15) is 0 Å². The lowest BCUT2D eigenvalue weighted by molar-refractivity contribution is 0.779. The van der Waals surface area contributed by atoms with Gasteiger partial charge in [-0.15, -0.1) is 0 Å². The van der Waals surface area contributed by atoms with E-state index in [0.29, 0.717) is 0 Å². The minimum atomic E-state index is 0.00946. The first-order chi connectivity index (χ1) is 8.18. The molecule has 0 bridgehead atoms. The van der Waals surface area contributed by atoms with Gasteiger partial charge in [-0.1, -0.05) is 36.0 Å². The van der Waals surface area contributed by atoms with Gasteiger partial charge < -0.3 is 5.73 Å². The van der Waals surface area contributed by atoms with Crippen LogP contribution in [-0.2, 0) is 0 Å². The summed E-state index contributed by atoms with van der Waals surface area (Å²) in [6.45, 7) is 4.09. The third-order valence-corrected chi connectivity index (χ3v) is 3.80. The number of nitrogens with two attached hydrogens (primary N) is 1. The second-order valence-electron chi connectivity index (χ2n) is 4.05. The molecule has 0 radical (unpaired) electrons. The third-order valence-electron chi connectivity index (χ3n) is 2.59. The number of hydrogen-bond donors (Lipinski definition) is 1. The van der Waals surface area contributed by atoms with Crippen LogP contribution in [0, 0.1) is 6.92 Å². The Hall–Kier alpha value is -1.32. The zero-order chi connectivity index (χ0) is 12.3. The van der Waals surface area contributed by atoms with Crippen LogP contribution in [0.3, 0.4) is 0 Å². The molecular weight excluding hydrogens is 228 g/mol. The summed E-state index contributed by atoms with van der Waals surface area (Å²) < 4.78 is 0. The van der Waals surface area contributed by atoms with Crippen molar-refractivity contribution in [1.29, 1.82) is 0 Å². The Morgan fingerprint density at radius 1 is 1.18 bits per heavy atom. The molecule has 1 heterocycles. The second kappa shape index (κ2) is 5.34. The number of benzene rings is 1. The molecule has 2 nitrogen and oxygen atoms in total. The molecule has 88 valence electrons. The van der Waals surface area contributed by atoms with Crippen molar-refractivity contribution < 1.29 is 0 Å². The summed E-state index contributed by atoms with van der Waals surface area (Å²) in [5, 5.41) is 0.997. The predicted octanol–water partition coefficient (Wildman–Crippen LogP) is 3.56. The van der Waals surface area contributed by atoms with Crippen molar-refractivity contribution in [2.75, 3.05) is 0 Å². The summed E-state index contributed by atoms with van der Waals surface area (Å²) in [6.07, 6.45) is 1.81. The van der Waals surface area contributed by atoms with Crippen molar-refractivity contribution in [3.8, 4) is 0 Å². The van der Waals surface area contributed by atoms with Crippen LogP contribution in [0.15, 0.2) is 52.5 Å². The fourth-order valence-electron chi connectivity index (χ4n) is 1.61. The third kappa shape index (κ3) is 2.87. The van der Waals surface area contributed by atoms with Crippen LogP contribution in [-0.4, -0.2) is 4.98 Å². The maximum Gasteiger partial charge on any atom is 0.105 e. The summed E-state index contributed by atoms with van der Waals surface area (Å²) in [4.78, 5) is 5.65. The maximum absolute atomic E-state index is 5.95. The summed E-state index contributed by atoms with van der Waals surface area (Å²) in [7, 11) is 0. The first-order valence-electron chi connectivity index (χ1n) is 5.62. The monoisotopic (exact) mass is 244 g/mol. The standard InChI is InChI=1S/C14H16N2S/c1-10-6-3-4-8-13(10)17-14-12(11(2)15)7-5-9-16-14/h3-9,11H,15H2,1-2H3/t11-/m1/s1. The fourth-order valence-corrected chi connectivity index (χ4v) is 2.68. The minimum absolute atomic E-state index is 0.00946. The molecule has 3 heteroatoms. The number of aryl methyl sites for hydroxylation is 1. The van der Waals surface area contributed by atoms with Crippen LogP contribution in [0.25, 0.3) is 0 Å². The van der Waals surface area contributed by atoms with Gasteiger partial charge >= 0.3 is 0 Å². The van der Waals surface area contributed by atoms with Gasteiger partial charge in [0.1, 0.15) is 5.03 Å². The number of nitrogens with zero attached hydrogens (tertiary/aromatic N) is 1. The summed E-state index contributed by atoms with van der Waals surface area (Å²) >= 11 is 1.68. The van der Waals surface area contributed by atoms with Gasteiger partial charge in [0.15, 0.2) is 0 Å². The van der Waals surface area contributed by atoms with Crippen molar-refractivity contribution in [2.45, 2.75) is 29.8 Å². The van der Waals surface area contributed by atoms with E-state index in [1.165, 1.54) is 10.5 Å². The van der Waals surface area contributed by atoms with Crippen molar-refractivity contribution in [1.82, 2.24) is 4.98 Å². The number of pyridine rings is 1. The fraction of sp³-hybridized carbons (Fsp3) is 0.214. The van der Waals surface area contributed by atoms with E-state index in [-0.39, 0.29) is 6.04 Å². The average molecular weight is 244 g/mol. The smallest absolute Gasteiger partial charge is 0.105 e. The molecule has 0 unspecified atom stereocenters. The van der Waals surface area contributed by atoms with E-state index in [1.54, 1.807) is 11.8 Å². The van der Waals surface area contributed by atoms with Crippen molar-refractivity contribution >= 4 is 11.8 Å². The number of rotatable bonds is 3. The largest absolute Gasteiger partial charge is 0.324 e. The van der Waals surface area contributed by atoms with E-state index in [1.807, 2.05) is 37.4 Å². The maximum atomic E-state index is 5.95. The quantitative estimate of drug-likeness (QED) is 0.897. The van der Waals surface area contributed by atoms with Gasteiger partial charge in [0.2, 0.25) is 0 Å². The topological polar surface area (TPSA) is 38.9 Å². The normalized spacial score (nSPS) is 12.4. The highest BCUT2D eigenvalue weighted by Gasteiger charge is 2.09. The lowest BCUT2D eigenvalue weighted by Gasteiger charge is -2.11. The highest BCUT2D eigenvalue weighted by Crippen LogP contribution is 2.32. The molecule has 0 saturated carbocycles. The number of hydrogen-bond acceptors (Lipinski definition) is 3. The van der Waals surface area contributed by atoms with Gasteiger partial charge in [0, 0.05) is 22.7 Å². The molecule has 1 aromatic carbocycles. The van der Waals surface area contributed by atoms with Gasteiger partial charge in [0.25, 0.3) is 0 Å². The molecule has 2 rings (SSSR count). The van der Waals surface area contributed by atoms with Crippen LogP contribution in [0.1, 0.15) is 24.1 Å². The van der Waals surface area contributed by atoms with Crippen molar-refractivity contribution in [3.63, 3.8) is 0 Å². The van der Waals surface area contributed by atoms with Crippen LogP contribution in [0.5, 0.6) is 0 Å². The SMILES string of the molecule is Cc1ccccc1Sc1ncccc1[C@@H](C)N. The first-order valence-corrected chi connectivity index (χ1v) is 6.44. The van der Waals surface area contributed by atoms with E-state index in [2.05, 4.69) is 24.0 Å². The van der Waals surface area contributed by atoms with Crippen LogP contribution in [0.4, 0.5) is 0 Å². The molecule has 0 spiro atoms. The van der Waals surface area contributed by atoms with E-state index in [9.17, 15) is 0 Å². The van der Waals surface area contributed by atoms with E-state index < -0.39 is 0 Å². The Bertz CT molecular complexity index is 509. The highest BCUT2D eigenvalue weighted by molar-refractivity contribution is 7.99. The lowest BCUT2D eigenvalue weighted by Crippen LogP contribution is -2.07. The molecule has 0 aliphatic rings. The molecule has 2 N–H and O–H groups in total. The van der Waals surface area contributed by atoms with E-state index in [4.69, 9.17) is 5.73 Å². The average Bonchev–Trinajstić information content (AvgIpc) is 2.32. The molecule has 0 saturated heterocycles. The molecule has 0 aliphatic carbocycles. The highest BCUT2D eigenvalue weighted by atomic mass is 32.2. The van der Waals surface area contributed by atoms with Crippen molar-refractivity contribution in [3.05, 3.63) is 53.7 Å². The minimum Gasteiger partial charge on any atom is -0.324 e. The summed E-state index contributed by atoms with van der Waals surface area (Å²) in [6, 6.07) is 12.3. The van der Waals surface area contributed by atoms with Gasteiger partial charge in [-0.05, 0) is 31.5 Å². The van der Waals surface area contributed by atoms with Gasteiger partial charge in [0.05, 0.1) is 0 Å². The molecule has 0 fully saturated rings. The Balaban J connectivity index is 2.34. The van der Waals surface area contributed by atoms with E-state index in [0.717, 1.165) is 10.6 Å².